The number of nitrogens with one attached hydrogen (secondary N) is 4. The van der Waals surface area contributed by atoms with E-state index in [0.717, 1.165) is 0 Å². The van der Waals surface area contributed by atoms with Gasteiger partial charge in [0, 0.05) is 6.42 Å². The van der Waals surface area contributed by atoms with Gasteiger partial charge in [-0.25, -0.2) is 0 Å². The fourth-order valence-corrected chi connectivity index (χ4v) is 4.51. The Labute approximate surface area is 265 Å². The number of hydrogen-bond donors (Lipinski definition) is 6. The van der Waals surface area contributed by atoms with Gasteiger partial charge in [0.1, 0.15) is 23.9 Å². The molecule has 0 unspecified atom stereocenters. The molecule has 7 N–H and O–H groups in total. The molecule has 4 amide bonds. The average molecular weight is 650 g/mol. The third kappa shape index (κ3) is 12.5. The van der Waals surface area contributed by atoms with E-state index in [9.17, 15) is 42.3 Å². The summed E-state index contributed by atoms with van der Waals surface area (Å²) >= 11 is 0. The highest BCUT2D eigenvalue weighted by atomic mass is 19.4. The maximum atomic E-state index is 13.3. The molecule has 0 aliphatic rings. The first-order valence-corrected chi connectivity index (χ1v) is 15.0. The van der Waals surface area contributed by atoms with E-state index >= 15 is 0 Å². The topological polar surface area (TPSA) is 180 Å². The molecule has 2 aromatic carbocycles. The van der Waals surface area contributed by atoms with Gasteiger partial charge in [0.2, 0.25) is 23.6 Å². The van der Waals surface area contributed by atoms with E-state index in [-0.39, 0.29) is 31.6 Å². The summed E-state index contributed by atoms with van der Waals surface area (Å²) in [6.07, 6.45) is -4.34. The van der Waals surface area contributed by atoms with Crippen molar-refractivity contribution in [2.45, 2.75) is 83.2 Å². The summed E-state index contributed by atoms with van der Waals surface area (Å²) in [5.74, 6) is -5.96. The molecule has 2 rings (SSSR count). The number of unbranched alkanes of at least 4 members (excludes halogenated alkanes) is 1. The smallest absolute Gasteiger partial charge is 0.452 e. The standard InChI is InChI=1S/C32H42F3N5O6/c1-19(2)27(28(43)32(33,34)35)40-30(45)24(11-7-8-16-36)39-29(44)20(3)37-31(46)25(17-22-12-14-23(41)15-13-22)38-26(42)18-21-9-5-4-6-10-21/h4-6,9-10,12-15,19-20,24-25,27,41H,7-8,11,16-18,36H2,1-3H3,(H,37,46)(H,38,42)(H,39,44)(H,40,45)/t20-,24-,25-,27-/m0/s1. The first-order valence-electron chi connectivity index (χ1n) is 15.0. The summed E-state index contributed by atoms with van der Waals surface area (Å²) in [7, 11) is 0. The van der Waals surface area contributed by atoms with Gasteiger partial charge in [-0.1, -0.05) is 56.3 Å². The third-order valence-electron chi connectivity index (χ3n) is 7.09. The lowest BCUT2D eigenvalue weighted by Crippen LogP contribution is -2.58. The SMILES string of the molecule is CC(C)[C@H](NC(=O)[C@H](CCCCN)NC(=O)[C@H](C)NC(=O)[C@H](Cc1ccc(O)cc1)NC(=O)Cc1ccccc1)C(=O)C(F)(F)F. The van der Waals surface area contributed by atoms with Crippen LogP contribution in [0.15, 0.2) is 54.6 Å². The highest BCUT2D eigenvalue weighted by Crippen LogP contribution is 2.21. The minimum atomic E-state index is -5.17. The molecule has 14 heteroatoms. The van der Waals surface area contributed by atoms with Crippen LogP contribution in [-0.4, -0.2) is 71.4 Å². The largest absolute Gasteiger partial charge is 0.508 e. The molecule has 0 saturated heterocycles. The van der Waals surface area contributed by atoms with Crippen LogP contribution in [0, 0.1) is 5.92 Å². The fourth-order valence-electron chi connectivity index (χ4n) is 4.51. The number of aromatic hydroxyl groups is 1. The molecule has 0 radical (unpaired) electrons. The lowest BCUT2D eigenvalue weighted by molar-refractivity contribution is -0.175. The van der Waals surface area contributed by atoms with Crippen molar-refractivity contribution in [3.8, 4) is 5.75 Å². The van der Waals surface area contributed by atoms with Gasteiger partial charge in [0.25, 0.3) is 5.78 Å². The first kappa shape index (κ1) is 37.7. The quantitative estimate of drug-likeness (QED) is 0.142. The zero-order valence-corrected chi connectivity index (χ0v) is 26.0. The number of phenolic OH excluding ortho intramolecular Hbond substituents is 1. The Hall–Kier alpha value is -4.46. The maximum absolute atomic E-state index is 13.3. The maximum Gasteiger partial charge on any atom is 0.452 e. The molecule has 252 valence electrons. The zero-order valence-electron chi connectivity index (χ0n) is 26.0. The number of hydrogen-bond acceptors (Lipinski definition) is 7. The second-order valence-corrected chi connectivity index (χ2v) is 11.3. The third-order valence-corrected chi connectivity index (χ3v) is 7.09. The van der Waals surface area contributed by atoms with Gasteiger partial charge in [0.05, 0.1) is 12.5 Å². The second kappa shape index (κ2) is 17.9. The monoisotopic (exact) mass is 649 g/mol. The van der Waals surface area contributed by atoms with E-state index in [0.29, 0.717) is 24.0 Å². The van der Waals surface area contributed by atoms with Crippen molar-refractivity contribution in [3.63, 3.8) is 0 Å². The number of ketones is 1. The summed E-state index contributed by atoms with van der Waals surface area (Å²) in [5.41, 5.74) is 6.85. The molecule has 46 heavy (non-hydrogen) atoms. The number of carbonyl (C=O) groups is 5. The summed E-state index contributed by atoms with van der Waals surface area (Å²) in [5, 5.41) is 19.4. The molecule has 2 aromatic rings. The van der Waals surface area contributed by atoms with Crippen LogP contribution >= 0.6 is 0 Å². The van der Waals surface area contributed by atoms with Crippen LogP contribution in [0.1, 0.15) is 51.2 Å². The minimum absolute atomic E-state index is 0.00988. The molecule has 0 aromatic heterocycles. The number of Topliss-reactive ketones (excluding diaryl/α,β-unsaturated/α-hetero) is 1. The van der Waals surface area contributed by atoms with Crippen molar-refractivity contribution in [1.29, 1.82) is 0 Å². The van der Waals surface area contributed by atoms with Crippen LogP contribution in [-0.2, 0) is 36.8 Å². The molecule has 0 aliphatic carbocycles. The van der Waals surface area contributed by atoms with Crippen LogP contribution in [0.3, 0.4) is 0 Å². The van der Waals surface area contributed by atoms with E-state index in [1.165, 1.54) is 32.9 Å². The second-order valence-electron chi connectivity index (χ2n) is 11.3. The van der Waals surface area contributed by atoms with Crippen molar-refractivity contribution in [2.24, 2.45) is 11.7 Å². The molecule has 0 saturated carbocycles. The number of amides is 4. The van der Waals surface area contributed by atoms with Gasteiger partial charge < -0.3 is 32.1 Å². The predicted molar refractivity (Wildman–Crippen MR) is 164 cm³/mol. The van der Waals surface area contributed by atoms with Crippen molar-refractivity contribution in [2.75, 3.05) is 6.54 Å². The van der Waals surface area contributed by atoms with Crippen LogP contribution < -0.4 is 27.0 Å². The Balaban J connectivity index is 2.17. The lowest BCUT2D eigenvalue weighted by Gasteiger charge is -2.27. The number of nitrogens with two attached hydrogens (primary N) is 1. The van der Waals surface area contributed by atoms with E-state index < -0.39 is 65.7 Å². The Morgan fingerprint density at radius 3 is 1.93 bits per heavy atom. The number of carbonyl (C=O) groups excluding carboxylic acids is 5. The number of phenols is 1. The molecule has 0 bridgehead atoms. The molecule has 11 nitrogen and oxygen atoms in total. The van der Waals surface area contributed by atoms with E-state index in [2.05, 4.69) is 21.3 Å². The molecule has 0 aliphatic heterocycles. The summed E-state index contributed by atoms with van der Waals surface area (Å²) < 4.78 is 39.4. The Morgan fingerprint density at radius 1 is 0.761 bits per heavy atom. The molecule has 0 spiro atoms. The highest BCUT2D eigenvalue weighted by Gasteiger charge is 2.45. The van der Waals surface area contributed by atoms with Gasteiger partial charge in [-0.3, -0.25) is 24.0 Å². The fraction of sp³-hybridized carbons (Fsp3) is 0.469. The predicted octanol–water partition coefficient (Wildman–Crippen LogP) is 2.05. The molecule has 4 atom stereocenters. The Kier molecular flexibility index (Phi) is 14.7. The lowest BCUT2D eigenvalue weighted by atomic mass is 9.98. The van der Waals surface area contributed by atoms with Crippen molar-refractivity contribution in [3.05, 3.63) is 65.7 Å². The highest BCUT2D eigenvalue weighted by molar-refractivity contribution is 5.97. The van der Waals surface area contributed by atoms with Crippen molar-refractivity contribution < 1.29 is 42.3 Å². The average Bonchev–Trinajstić information content (AvgIpc) is 2.99. The van der Waals surface area contributed by atoms with E-state index in [4.69, 9.17) is 5.73 Å². The van der Waals surface area contributed by atoms with Crippen LogP contribution in [0.2, 0.25) is 0 Å². The minimum Gasteiger partial charge on any atom is -0.508 e. The molecular weight excluding hydrogens is 607 g/mol. The van der Waals surface area contributed by atoms with Gasteiger partial charge in [-0.2, -0.15) is 13.2 Å². The summed E-state index contributed by atoms with van der Waals surface area (Å²) in [6, 6.07) is 9.30. The van der Waals surface area contributed by atoms with Crippen molar-refractivity contribution >= 4 is 29.4 Å². The molecule has 0 fully saturated rings. The van der Waals surface area contributed by atoms with Gasteiger partial charge in [-0.15, -0.1) is 0 Å². The Morgan fingerprint density at radius 2 is 1.37 bits per heavy atom. The number of alkyl halides is 3. The van der Waals surface area contributed by atoms with Gasteiger partial charge in [0.15, 0.2) is 0 Å². The van der Waals surface area contributed by atoms with Crippen LogP contribution in [0.5, 0.6) is 5.75 Å². The molecular formula is C32H42F3N5O6. The molecule has 0 heterocycles. The Bertz CT molecular complexity index is 1320. The van der Waals surface area contributed by atoms with Crippen LogP contribution in [0.4, 0.5) is 13.2 Å². The van der Waals surface area contributed by atoms with Crippen LogP contribution in [0.25, 0.3) is 0 Å². The summed E-state index contributed by atoms with van der Waals surface area (Å²) in [6.45, 7) is 4.31. The van der Waals surface area contributed by atoms with E-state index in [1.807, 2.05) is 0 Å². The van der Waals surface area contributed by atoms with Crippen molar-refractivity contribution in [1.82, 2.24) is 21.3 Å². The van der Waals surface area contributed by atoms with E-state index in [1.54, 1.807) is 42.5 Å². The number of benzene rings is 2. The number of rotatable bonds is 17. The zero-order chi connectivity index (χ0) is 34.4. The normalized spacial score (nSPS) is 14.0. The van der Waals surface area contributed by atoms with Gasteiger partial charge in [-0.05, 0) is 61.9 Å². The first-order chi connectivity index (χ1) is 21.6. The summed E-state index contributed by atoms with van der Waals surface area (Å²) in [4.78, 5) is 64.3. The van der Waals surface area contributed by atoms with Gasteiger partial charge >= 0.3 is 6.18 Å². The number of halogens is 3.